The van der Waals surface area contributed by atoms with E-state index in [9.17, 15) is 9.59 Å². The second-order valence-electron chi connectivity index (χ2n) is 7.35. The van der Waals surface area contributed by atoms with Crippen molar-refractivity contribution in [2.75, 3.05) is 6.54 Å². The molecular formula is C25H22ClN3O2. The van der Waals surface area contributed by atoms with Gasteiger partial charge in [0, 0.05) is 29.1 Å². The molecule has 0 aliphatic heterocycles. The van der Waals surface area contributed by atoms with E-state index in [-0.39, 0.29) is 18.2 Å². The second-order valence-corrected chi connectivity index (χ2v) is 7.79. The zero-order valence-electron chi connectivity index (χ0n) is 17.1. The van der Waals surface area contributed by atoms with Crippen LogP contribution >= 0.6 is 11.6 Å². The normalized spacial score (nSPS) is 10.9. The van der Waals surface area contributed by atoms with Crippen molar-refractivity contribution in [3.63, 3.8) is 0 Å². The van der Waals surface area contributed by atoms with E-state index in [0.717, 1.165) is 22.4 Å². The molecule has 1 aromatic heterocycles. The molecule has 156 valence electrons. The fourth-order valence-electron chi connectivity index (χ4n) is 3.57. The number of para-hydroxylation sites is 2. The molecule has 0 aliphatic carbocycles. The lowest BCUT2D eigenvalue weighted by molar-refractivity contribution is 0.0948. The first-order chi connectivity index (χ1) is 15.0. The molecule has 31 heavy (non-hydrogen) atoms. The number of hydrogen-bond acceptors (Lipinski definition) is 3. The molecule has 1 heterocycles. The Labute approximate surface area is 185 Å². The number of nitrogens with zero attached hydrogens (tertiary/aromatic N) is 2. The molecule has 0 spiro atoms. The number of aryl methyl sites for hydroxylation is 1. The maximum absolute atomic E-state index is 12.9. The Morgan fingerprint density at radius 2 is 1.68 bits per heavy atom. The van der Waals surface area contributed by atoms with Crippen molar-refractivity contribution in [3.05, 3.63) is 100 Å². The third-order valence-electron chi connectivity index (χ3n) is 5.23. The van der Waals surface area contributed by atoms with Crippen LogP contribution in [0.25, 0.3) is 11.0 Å². The number of hydrogen-bond donors (Lipinski definition) is 1. The van der Waals surface area contributed by atoms with Gasteiger partial charge >= 0.3 is 0 Å². The number of nitrogens with one attached hydrogen (secondary N) is 1. The van der Waals surface area contributed by atoms with Gasteiger partial charge in [-0.1, -0.05) is 41.9 Å². The fraction of sp³-hybridized carbons (Fsp3) is 0.160. The lowest BCUT2D eigenvalue weighted by atomic mass is 10.1. The van der Waals surface area contributed by atoms with E-state index >= 15 is 0 Å². The van der Waals surface area contributed by atoms with Gasteiger partial charge in [0.1, 0.15) is 5.82 Å². The lowest BCUT2D eigenvalue weighted by Crippen LogP contribution is -2.27. The van der Waals surface area contributed by atoms with Gasteiger partial charge in [-0.05, 0) is 55.0 Å². The largest absolute Gasteiger partial charge is 0.352 e. The summed E-state index contributed by atoms with van der Waals surface area (Å²) in [4.78, 5) is 30.1. The van der Waals surface area contributed by atoms with E-state index in [1.54, 1.807) is 24.3 Å². The first-order valence-corrected chi connectivity index (χ1v) is 10.5. The molecule has 4 aromatic rings. The molecule has 0 fully saturated rings. The summed E-state index contributed by atoms with van der Waals surface area (Å²) in [5, 5.41) is 3.55. The zero-order valence-corrected chi connectivity index (χ0v) is 17.9. The van der Waals surface area contributed by atoms with Gasteiger partial charge in [0.05, 0.1) is 17.6 Å². The smallest absolute Gasteiger partial charge is 0.251 e. The molecule has 0 saturated carbocycles. The molecule has 0 aliphatic rings. The van der Waals surface area contributed by atoms with E-state index in [4.69, 9.17) is 16.6 Å². The number of ketones is 1. The number of aromatic nitrogens is 2. The second kappa shape index (κ2) is 9.14. The van der Waals surface area contributed by atoms with Crippen LogP contribution in [0.4, 0.5) is 0 Å². The Kier molecular flexibility index (Phi) is 6.14. The van der Waals surface area contributed by atoms with Gasteiger partial charge in [-0.2, -0.15) is 0 Å². The molecule has 6 heteroatoms. The third-order valence-corrected chi connectivity index (χ3v) is 5.48. The Morgan fingerprint density at radius 3 is 2.45 bits per heavy atom. The quantitative estimate of drug-likeness (QED) is 0.425. The van der Waals surface area contributed by atoms with Gasteiger partial charge in [0.25, 0.3) is 5.91 Å². The van der Waals surface area contributed by atoms with Crippen LogP contribution in [0.15, 0.2) is 72.8 Å². The van der Waals surface area contributed by atoms with Gasteiger partial charge in [0.15, 0.2) is 5.78 Å². The highest BCUT2D eigenvalue weighted by Gasteiger charge is 2.15. The van der Waals surface area contributed by atoms with Crippen LogP contribution < -0.4 is 5.32 Å². The van der Waals surface area contributed by atoms with Crippen LogP contribution in [-0.4, -0.2) is 27.8 Å². The number of halogens is 1. The zero-order chi connectivity index (χ0) is 21.8. The molecule has 0 atom stereocenters. The van der Waals surface area contributed by atoms with Crippen LogP contribution in [0.3, 0.4) is 0 Å². The molecular weight excluding hydrogens is 410 g/mol. The molecule has 4 rings (SSSR count). The van der Waals surface area contributed by atoms with Gasteiger partial charge in [0.2, 0.25) is 0 Å². The van der Waals surface area contributed by atoms with Crippen LogP contribution in [0.5, 0.6) is 0 Å². The van der Waals surface area contributed by atoms with Gasteiger partial charge in [-0.15, -0.1) is 0 Å². The SMILES string of the molecule is Cc1ccccc1C(=O)NCCc1nc2ccccc2n1CC(=O)c1ccc(Cl)cc1. The summed E-state index contributed by atoms with van der Waals surface area (Å²) in [6.45, 7) is 2.51. The molecule has 0 unspecified atom stereocenters. The monoisotopic (exact) mass is 431 g/mol. The van der Waals surface area contributed by atoms with E-state index in [2.05, 4.69) is 5.32 Å². The van der Waals surface area contributed by atoms with Crippen molar-refractivity contribution >= 4 is 34.3 Å². The number of amides is 1. The van der Waals surface area contributed by atoms with Crippen molar-refractivity contribution < 1.29 is 9.59 Å². The fourth-order valence-corrected chi connectivity index (χ4v) is 3.70. The van der Waals surface area contributed by atoms with E-state index in [0.29, 0.717) is 29.1 Å². The summed E-state index contributed by atoms with van der Waals surface area (Å²) < 4.78 is 1.92. The summed E-state index contributed by atoms with van der Waals surface area (Å²) in [5.74, 6) is 0.622. The number of Topliss-reactive ketones (excluding diaryl/α,β-unsaturated/α-hetero) is 1. The number of rotatable bonds is 7. The number of imidazole rings is 1. The first-order valence-electron chi connectivity index (χ1n) is 10.1. The van der Waals surface area contributed by atoms with Gasteiger partial charge in [-0.25, -0.2) is 4.98 Å². The van der Waals surface area contributed by atoms with Crippen LogP contribution in [-0.2, 0) is 13.0 Å². The minimum Gasteiger partial charge on any atom is -0.352 e. The molecule has 5 nitrogen and oxygen atoms in total. The predicted octanol–water partition coefficient (Wildman–Crippen LogP) is 4.85. The highest BCUT2D eigenvalue weighted by Crippen LogP contribution is 2.18. The van der Waals surface area contributed by atoms with Gasteiger partial charge < -0.3 is 9.88 Å². The summed E-state index contributed by atoms with van der Waals surface area (Å²) in [7, 11) is 0. The molecule has 3 aromatic carbocycles. The molecule has 0 bridgehead atoms. The molecule has 0 radical (unpaired) electrons. The minimum atomic E-state index is -0.113. The number of fused-ring (bicyclic) bond motifs is 1. The Hall–Kier alpha value is -3.44. The van der Waals surface area contributed by atoms with Crippen molar-refractivity contribution in [1.82, 2.24) is 14.9 Å². The van der Waals surface area contributed by atoms with Gasteiger partial charge in [-0.3, -0.25) is 9.59 Å². The average Bonchev–Trinajstić information content (AvgIpc) is 3.11. The van der Waals surface area contributed by atoms with Crippen molar-refractivity contribution in [1.29, 1.82) is 0 Å². The molecule has 1 amide bonds. The molecule has 1 N–H and O–H groups in total. The standard InChI is InChI=1S/C25H22ClN3O2/c1-17-6-2-3-7-20(17)25(31)27-15-14-24-28-21-8-4-5-9-22(21)29(24)16-23(30)18-10-12-19(26)13-11-18/h2-13H,14-16H2,1H3,(H,27,31). The predicted molar refractivity (Wildman–Crippen MR) is 123 cm³/mol. The molecule has 0 saturated heterocycles. The van der Waals surface area contributed by atoms with Crippen molar-refractivity contribution in [2.45, 2.75) is 19.9 Å². The number of carbonyl (C=O) groups is 2. The topological polar surface area (TPSA) is 64.0 Å². The van der Waals surface area contributed by atoms with Crippen molar-refractivity contribution in [2.24, 2.45) is 0 Å². The van der Waals surface area contributed by atoms with E-state index in [1.807, 2.05) is 60.0 Å². The highest BCUT2D eigenvalue weighted by molar-refractivity contribution is 6.30. The Balaban J connectivity index is 1.52. The summed E-state index contributed by atoms with van der Waals surface area (Å²) in [5.41, 5.74) is 3.91. The lowest BCUT2D eigenvalue weighted by Gasteiger charge is -2.10. The van der Waals surface area contributed by atoms with Crippen molar-refractivity contribution in [3.8, 4) is 0 Å². The maximum atomic E-state index is 12.9. The highest BCUT2D eigenvalue weighted by atomic mass is 35.5. The van der Waals surface area contributed by atoms with E-state index < -0.39 is 0 Å². The Bertz CT molecular complexity index is 1250. The third kappa shape index (κ3) is 4.67. The summed E-state index contributed by atoms with van der Waals surface area (Å²) in [6.07, 6.45) is 0.514. The van der Waals surface area contributed by atoms with Crippen LogP contribution in [0.1, 0.15) is 32.1 Å². The van der Waals surface area contributed by atoms with E-state index in [1.165, 1.54) is 0 Å². The van der Waals surface area contributed by atoms with Crippen LogP contribution in [0, 0.1) is 6.92 Å². The summed E-state index contributed by atoms with van der Waals surface area (Å²) in [6, 6.07) is 22.1. The Morgan fingerprint density at radius 1 is 0.968 bits per heavy atom. The number of carbonyl (C=O) groups excluding carboxylic acids is 2. The maximum Gasteiger partial charge on any atom is 0.251 e. The average molecular weight is 432 g/mol. The van der Waals surface area contributed by atoms with Crippen LogP contribution in [0.2, 0.25) is 5.02 Å². The minimum absolute atomic E-state index is 0.0231. The number of benzene rings is 3. The summed E-state index contributed by atoms with van der Waals surface area (Å²) >= 11 is 5.94. The first kappa shape index (κ1) is 20.8.